The highest BCUT2D eigenvalue weighted by molar-refractivity contribution is 9.12. The molecule has 1 aromatic heterocycles. The Hall–Kier alpha value is -2.28. The Balaban J connectivity index is 1.75. The van der Waals surface area contributed by atoms with Gasteiger partial charge in [-0.1, -0.05) is 0 Å². The zero-order chi connectivity index (χ0) is 17.1. The summed E-state index contributed by atoms with van der Waals surface area (Å²) in [6.45, 7) is 4.57. The van der Waals surface area contributed by atoms with Crippen molar-refractivity contribution in [3.05, 3.63) is 52.2 Å². The van der Waals surface area contributed by atoms with E-state index in [4.69, 9.17) is 0 Å². The molecule has 3 heterocycles. The van der Waals surface area contributed by atoms with Crippen LogP contribution < -0.4 is 0 Å². The van der Waals surface area contributed by atoms with Gasteiger partial charge in [-0.3, -0.25) is 9.78 Å². The van der Waals surface area contributed by atoms with E-state index in [2.05, 4.69) is 31.0 Å². The number of pyridine rings is 1. The maximum Gasteiger partial charge on any atom is 0.267 e. The molecule has 2 aliphatic rings. The van der Waals surface area contributed by atoms with Gasteiger partial charge in [0.15, 0.2) is 0 Å². The number of allylic oxidation sites excluding steroid dienone is 2. The average molecular weight is 388 g/mol. The van der Waals surface area contributed by atoms with E-state index in [0.29, 0.717) is 12.4 Å². The zero-order valence-electron chi connectivity index (χ0n) is 13.6. The monoisotopic (exact) mass is 387 g/mol. The van der Waals surface area contributed by atoms with Crippen molar-refractivity contribution in [2.24, 2.45) is 10.1 Å². The Morgan fingerprint density at radius 3 is 3.12 bits per heavy atom. The van der Waals surface area contributed by atoms with E-state index in [1.807, 2.05) is 37.1 Å². The lowest BCUT2D eigenvalue weighted by atomic mass is 9.95. The minimum absolute atomic E-state index is 0.0125. The van der Waals surface area contributed by atoms with Crippen LogP contribution in [0, 0.1) is 0 Å². The van der Waals surface area contributed by atoms with Crippen molar-refractivity contribution in [3.8, 4) is 0 Å². The first-order chi connectivity index (χ1) is 11.6. The molecule has 1 amide bonds. The molecule has 3 rings (SSSR count). The number of nitrogens with zero attached hydrogens (tertiary/aromatic N) is 5. The number of rotatable bonds is 2. The van der Waals surface area contributed by atoms with Crippen molar-refractivity contribution >= 4 is 34.3 Å². The van der Waals surface area contributed by atoms with E-state index >= 15 is 0 Å². The quantitative estimate of drug-likeness (QED) is 0.732. The van der Waals surface area contributed by atoms with Crippen LogP contribution in [0.1, 0.15) is 31.0 Å². The van der Waals surface area contributed by atoms with Crippen molar-refractivity contribution in [1.29, 1.82) is 0 Å². The van der Waals surface area contributed by atoms with Crippen LogP contribution >= 0.6 is 15.9 Å². The van der Waals surface area contributed by atoms with Crippen molar-refractivity contribution in [2.75, 3.05) is 6.54 Å². The topological polar surface area (TPSA) is 61.2 Å². The highest BCUT2D eigenvalue weighted by Gasteiger charge is 2.26. The Kier molecular flexibility index (Phi) is 4.89. The third-order valence-electron chi connectivity index (χ3n) is 4.12. The molecule has 0 aromatic carbocycles. The molecule has 1 atom stereocenters. The number of carbonyl (C=O) groups excluding carboxylic acids is 1. The number of hydrazone groups is 1. The highest BCUT2D eigenvalue weighted by atomic mass is 79.9. The highest BCUT2D eigenvalue weighted by Crippen LogP contribution is 2.28. The fourth-order valence-corrected chi connectivity index (χ4v) is 3.14. The van der Waals surface area contributed by atoms with Gasteiger partial charge in [-0.25, -0.2) is 10.0 Å². The molecular formula is C17H18BrN5O. The van der Waals surface area contributed by atoms with Crippen LogP contribution in [-0.2, 0) is 11.2 Å². The summed E-state index contributed by atoms with van der Waals surface area (Å²) in [6, 6.07) is 1.99. The predicted octanol–water partition coefficient (Wildman–Crippen LogP) is 3.00. The lowest BCUT2D eigenvalue weighted by molar-refractivity contribution is -0.126. The summed E-state index contributed by atoms with van der Waals surface area (Å²) in [4.78, 5) is 22.8. The Morgan fingerprint density at radius 1 is 1.50 bits per heavy atom. The van der Waals surface area contributed by atoms with Crippen molar-refractivity contribution in [1.82, 2.24) is 14.9 Å². The van der Waals surface area contributed by atoms with Gasteiger partial charge in [0.25, 0.3) is 5.91 Å². The summed E-state index contributed by atoms with van der Waals surface area (Å²) in [5.41, 5.74) is 2.36. The van der Waals surface area contributed by atoms with E-state index < -0.39 is 0 Å². The van der Waals surface area contributed by atoms with Crippen LogP contribution in [0.3, 0.4) is 0 Å². The molecule has 0 saturated carbocycles. The number of halogens is 1. The van der Waals surface area contributed by atoms with E-state index in [0.717, 1.165) is 16.5 Å². The standard InChI is InChI=1S/C17H18BrN5O/c1-3-16-20-9-14(18)11-23(16)21-10-17(24)22-7-5-13-8-19-6-4-15(13)12(22)2/h3-4,6,8-12H,5,7H2,1-2H3/b16-3-,21-10+. The summed E-state index contributed by atoms with van der Waals surface area (Å²) in [6.07, 6.45) is 11.1. The van der Waals surface area contributed by atoms with Gasteiger partial charge in [0.1, 0.15) is 12.0 Å². The number of hydrogen-bond acceptors (Lipinski definition) is 5. The Morgan fingerprint density at radius 2 is 2.33 bits per heavy atom. The van der Waals surface area contributed by atoms with Gasteiger partial charge >= 0.3 is 0 Å². The van der Waals surface area contributed by atoms with Crippen LogP contribution in [-0.4, -0.2) is 39.8 Å². The fourth-order valence-electron chi connectivity index (χ4n) is 2.85. The third-order valence-corrected chi connectivity index (χ3v) is 4.52. The molecule has 0 radical (unpaired) electrons. The summed E-state index contributed by atoms with van der Waals surface area (Å²) < 4.78 is 0.797. The molecule has 0 spiro atoms. The second-order valence-electron chi connectivity index (χ2n) is 5.54. The van der Waals surface area contributed by atoms with Crippen LogP contribution in [0.5, 0.6) is 0 Å². The number of aromatic nitrogens is 1. The molecule has 24 heavy (non-hydrogen) atoms. The molecule has 2 aliphatic heterocycles. The third kappa shape index (κ3) is 3.31. The van der Waals surface area contributed by atoms with E-state index in [-0.39, 0.29) is 11.9 Å². The van der Waals surface area contributed by atoms with Crippen molar-refractivity contribution in [2.45, 2.75) is 26.3 Å². The van der Waals surface area contributed by atoms with E-state index in [9.17, 15) is 4.79 Å². The molecule has 0 saturated heterocycles. The van der Waals surface area contributed by atoms with Gasteiger partial charge in [-0.2, -0.15) is 5.10 Å². The molecule has 0 fully saturated rings. The van der Waals surface area contributed by atoms with Gasteiger partial charge in [-0.05, 0) is 59.5 Å². The maximum atomic E-state index is 12.6. The SMILES string of the molecule is C/C=C1/N=CC(Br)=CN1/N=C/C(=O)N1CCc2cnccc2C1C. The second-order valence-corrected chi connectivity index (χ2v) is 6.46. The molecule has 0 aliphatic carbocycles. The summed E-state index contributed by atoms with van der Waals surface area (Å²) in [5, 5.41) is 5.85. The van der Waals surface area contributed by atoms with Gasteiger partial charge in [0.05, 0.1) is 10.5 Å². The zero-order valence-corrected chi connectivity index (χ0v) is 15.1. The first-order valence-corrected chi connectivity index (χ1v) is 8.53. The molecule has 0 N–H and O–H groups in total. The Labute approximate surface area is 149 Å². The summed E-state index contributed by atoms with van der Waals surface area (Å²) in [5.74, 6) is 0.560. The second kappa shape index (κ2) is 7.09. The number of carbonyl (C=O) groups is 1. The summed E-state index contributed by atoms with van der Waals surface area (Å²) in [7, 11) is 0. The van der Waals surface area contributed by atoms with Crippen molar-refractivity contribution in [3.63, 3.8) is 0 Å². The van der Waals surface area contributed by atoms with Crippen molar-refractivity contribution < 1.29 is 4.79 Å². The minimum atomic E-state index is -0.112. The first kappa shape index (κ1) is 16.6. The predicted molar refractivity (Wildman–Crippen MR) is 97.7 cm³/mol. The molecule has 6 nitrogen and oxygen atoms in total. The van der Waals surface area contributed by atoms with Crippen LogP contribution in [0.4, 0.5) is 0 Å². The molecule has 1 aromatic rings. The van der Waals surface area contributed by atoms with Gasteiger partial charge in [0.2, 0.25) is 0 Å². The molecule has 1 unspecified atom stereocenters. The van der Waals surface area contributed by atoms with E-state index in [1.165, 1.54) is 11.8 Å². The molecule has 124 valence electrons. The molecular weight excluding hydrogens is 370 g/mol. The Bertz CT molecular complexity index is 768. The summed E-state index contributed by atoms with van der Waals surface area (Å²) >= 11 is 3.36. The molecule has 7 heteroatoms. The normalized spacial score (nSPS) is 22.0. The smallest absolute Gasteiger partial charge is 0.267 e. The first-order valence-electron chi connectivity index (χ1n) is 7.74. The lowest BCUT2D eigenvalue weighted by Gasteiger charge is -2.34. The lowest BCUT2D eigenvalue weighted by Crippen LogP contribution is -2.39. The number of hydrogen-bond donors (Lipinski definition) is 0. The molecule has 0 bridgehead atoms. The van der Waals surface area contributed by atoms with Crippen LogP contribution in [0.25, 0.3) is 0 Å². The number of aliphatic imine (C=N–C) groups is 1. The van der Waals surface area contributed by atoms with Crippen LogP contribution in [0.2, 0.25) is 0 Å². The van der Waals surface area contributed by atoms with Crippen LogP contribution in [0.15, 0.2) is 51.1 Å². The number of amides is 1. The fraction of sp³-hybridized carbons (Fsp3) is 0.294. The minimum Gasteiger partial charge on any atom is -0.331 e. The maximum absolute atomic E-state index is 12.6. The number of fused-ring (bicyclic) bond motifs is 1. The van der Waals surface area contributed by atoms with Gasteiger partial charge in [-0.15, -0.1) is 0 Å². The average Bonchev–Trinajstić information content (AvgIpc) is 2.60. The largest absolute Gasteiger partial charge is 0.331 e. The van der Waals surface area contributed by atoms with Gasteiger partial charge in [0, 0.05) is 31.4 Å². The van der Waals surface area contributed by atoms with Gasteiger partial charge < -0.3 is 4.90 Å². The van der Waals surface area contributed by atoms with E-state index in [1.54, 1.807) is 23.6 Å².